The molecular weight excluding hydrogens is 877 g/mol. The highest BCUT2D eigenvalue weighted by Crippen LogP contribution is 2.15. The van der Waals surface area contributed by atoms with Gasteiger partial charge in [0, 0.05) is 19.3 Å². The molecule has 0 aromatic heterocycles. The number of unbranched alkanes of at least 4 members (excludes halogenated alkanes) is 29. The second-order valence-electron chi connectivity index (χ2n) is 19.9. The summed E-state index contributed by atoms with van der Waals surface area (Å²) in [5.41, 5.74) is 0. The number of esters is 3. The molecule has 0 aliphatic carbocycles. The third-order valence-electron chi connectivity index (χ3n) is 12.9. The van der Waals surface area contributed by atoms with Gasteiger partial charge in [0.05, 0.1) is 0 Å². The van der Waals surface area contributed by atoms with Gasteiger partial charge in [-0.15, -0.1) is 0 Å². The van der Waals surface area contributed by atoms with E-state index in [2.05, 4.69) is 106 Å². The number of hydrogen-bond acceptors (Lipinski definition) is 6. The van der Waals surface area contributed by atoms with Crippen molar-refractivity contribution in [1.29, 1.82) is 0 Å². The first kappa shape index (κ1) is 67.6. The number of rotatable bonds is 54. The van der Waals surface area contributed by atoms with Crippen LogP contribution in [0.25, 0.3) is 0 Å². The van der Waals surface area contributed by atoms with E-state index in [9.17, 15) is 14.4 Å². The van der Waals surface area contributed by atoms with Crippen LogP contribution in [0.3, 0.4) is 0 Å². The van der Waals surface area contributed by atoms with E-state index in [-0.39, 0.29) is 31.1 Å². The van der Waals surface area contributed by atoms with Crippen molar-refractivity contribution in [2.45, 2.75) is 297 Å². The quantitative estimate of drug-likeness (QED) is 0.0261. The minimum absolute atomic E-state index is 0.0800. The Hall–Kier alpha value is -3.41. The minimum Gasteiger partial charge on any atom is -0.462 e. The van der Waals surface area contributed by atoms with Gasteiger partial charge in [-0.3, -0.25) is 14.4 Å². The van der Waals surface area contributed by atoms with Crippen molar-refractivity contribution in [2.24, 2.45) is 0 Å². The van der Waals surface area contributed by atoms with Crippen molar-refractivity contribution in [3.63, 3.8) is 0 Å². The van der Waals surface area contributed by atoms with E-state index < -0.39 is 6.10 Å². The Kier molecular flexibility index (Phi) is 56.3. The Balaban J connectivity index is 4.19. The average molecular weight is 990 g/mol. The molecule has 0 bridgehead atoms. The molecule has 0 fully saturated rings. The zero-order chi connectivity index (χ0) is 51.4. The van der Waals surface area contributed by atoms with Crippen LogP contribution in [0.2, 0.25) is 0 Å². The van der Waals surface area contributed by atoms with E-state index in [1.54, 1.807) is 0 Å². The molecule has 0 aliphatic rings. The third kappa shape index (κ3) is 57.4. The molecule has 0 radical (unpaired) electrons. The van der Waals surface area contributed by atoms with E-state index >= 15 is 0 Å². The van der Waals surface area contributed by atoms with E-state index in [1.165, 1.54) is 148 Å². The lowest BCUT2D eigenvalue weighted by molar-refractivity contribution is -0.167. The standard InChI is InChI=1S/C65H112O6/c1-4-7-10-13-16-18-20-22-24-26-28-30-31-32-33-35-36-38-40-42-44-46-49-52-55-58-64(67)70-61-62(60-69-63(66)57-54-51-48-15-12-9-6-3)71-65(68)59-56-53-50-47-45-43-41-39-37-34-29-27-25-23-21-19-17-14-11-8-5-2/h8,11,17,19-20,22-23,25-26,28-29,31-32,34,62H,4-7,9-10,12-16,18,21,24,27,30,33,35-61H2,1-3H3/b11-8-,19-17-,22-20-,25-23-,28-26-,32-31-,34-29-. The molecule has 0 heterocycles. The van der Waals surface area contributed by atoms with Crippen LogP contribution in [-0.4, -0.2) is 37.2 Å². The van der Waals surface area contributed by atoms with Crippen LogP contribution >= 0.6 is 0 Å². The highest BCUT2D eigenvalue weighted by Gasteiger charge is 2.19. The first-order valence-corrected chi connectivity index (χ1v) is 30.1. The molecule has 0 aromatic rings. The molecule has 0 spiro atoms. The fraction of sp³-hybridized carbons (Fsp3) is 0.738. The summed E-state index contributed by atoms with van der Waals surface area (Å²) in [5, 5.41) is 0. The Morgan fingerprint density at radius 1 is 0.296 bits per heavy atom. The molecule has 0 amide bonds. The fourth-order valence-electron chi connectivity index (χ4n) is 8.38. The molecule has 1 atom stereocenters. The molecule has 0 aromatic carbocycles. The van der Waals surface area contributed by atoms with Crippen molar-refractivity contribution in [2.75, 3.05) is 13.2 Å². The van der Waals surface area contributed by atoms with Gasteiger partial charge in [0.1, 0.15) is 13.2 Å². The maximum Gasteiger partial charge on any atom is 0.306 e. The van der Waals surface area contributed by atoms with Crippen LogP contribution < -0.4 is 0 Å². The van der Waals surface area contributed by atoms with Crippen LogP contribution in [-0.2, 0) is 28.6 Å². The zero-order valence-corrected chi connectivity index (χ0v) is 46.7. The van der Waals surface area contributed by atoms with Gasteiger partial charge in [0.2, 0.25) is 0 Å². The monoisotopic (exact) mass is 989 g/mol. The molecule has 0 N–H and O–H groups in total. The van der Waals surface area contributed by atoms with Gasteiger partial charge in [-0.05, 0) is 96.3 Å². The predicted octanol–water partition coefficient (Wildman–Crippen LogP) is 20.3. The maximum atomic E-state index is 12.8. The summed E-state index contributed by atoms with van der Waals surface area (Å²) in [6, 6.07) is 0. The summed E-state index contributed by atoms with van der Waals surface area (Å²) >= 11 is 0. The summed E-state index contributed by atoms with van der Waals surface area (Å²) in [5.74, 6) is -0.892. The highest BCUT2D eigenvalue weighted by molar-refractivity contribution is 5.71. The molecule has 0 saturated heterocycles. The second kappa shape index (κ2) is 59.2. The molecule has 71 heavy (non-hydrogen) atoms. The number of hydrogen-bond donors (Lipinski definition) is 0. The Labute approximate surface area is 439 Å². The molecule has 408 valence electrons. The van der Waals surface area contributed by atoms with Gasteiger partial charge in [0.25, 0.3) is 0 Å². The van der Waals surface area contributed by atoms with Crippen LogP contribution in [0.5, 0.6) is 0 Å². The van der Waals surface area contributed by atoms with Gasteiger partial charge >= 0.3 is 17.9 Å². The normalized spacial score (nSPS) is 12.7. The third-order valence-corrected chi connectivity index (χ3v) is 12.9. The number of carbonyl (C=O) groups excluding carboxylic acids is 3. The molecule has 0 rings (SSSR count). The SMILES string of the molecule is CC/C=C\C/C=C\C/C=C\C/C=C\CCCCCCCCCCC(=O)OC(COC(=O)CCCCCCCCC)COC(=O)CCCCCCCCCCCC/C=C\C/C=C\C/C=C\CCCCCCC. The maximum absolute atomic E-state index is 12.8. The lowest BCUT2D eigenvalue weighted by Gasteiger charge is -2.18. The van der Waals surface area contributed by atoms with E-state index in [0.29, 0.717) is 19.3 Å². The van der Waals surface area contributed by atoms with E-state index in [1.807, 2.05) is 0 Å². The molecule has 6 nitrogen and oxygen atoms in total. The number of carbonyl (C=O) groups is 3. The fourth-order valence-corrected chi connectivity index (χ4v) is 8.38. The predicted molar refractivity (Wildman–Crippen MR) is 307 cm³/mol. The van der Waals surface area contributed by atoms with E-state index in [0.717, 1.165) is 103 Å². The summed E-state index contributed by atoms with van der Waals surface area (Å²) in [4.78, 5) is 38.0. The van der Waals surface area contributed by atoms with Gasteiger partial charge in [-0.1, -0.05) is 260 Å². The first-order chi connectivity index (χ1) is 35.0. The summed E-state index contributed by atoms with van der Waals surface area (Å²) in [6.45, 7) is 6.48. The smallest absolute Gasteiger partial charge is 0.306 e. The van der Waals surface area contributed by atoms with Gasteiger partial charge in [-0.25, -0.2) is 0 Å². The van der Waals surface area contributed by atoms with Crippen molar-refractivity contribution in [3.05, 3.63) is 85.1 Å². The van der Waals surface area contributed by atoms with Gasteiger partial charge in [-0.2, -0.15) is 0 Å². The zero-order valence-electron chi connectivity index (χ0n) is 46.7. The van der Waals surface area contributed by atoms with Crippen molar-refractivity contribution in [1.82, 2.24) is 0 Å². The van der Waals surface area contributed by atoms with E-state index in [4.69, 9.17) is 14.2 Å². The van der Waals surface area contributed by atoms with Gasteiger partial charge in [0.15, 0.2) is 6.10 Å². The van der Waals surface area contributed by atoms with Gasteiger partial charge < -0.3 is 14.2 Å². The Morgan fingerprint density at radius 3 is 0.859 bits per heavy atom. The molecule has 0 aliphatic heterocycles. The summed E-state index contributed by atoms with van der Waals surface area (Å²) in [7, 11) is 0. The highest BCUT2D eigenvalue weighted by atomic mass is 16.6. The van der Waals surface area contributed by atoms with Crippen molar-refractivity contribution in [3.8, 4) is 0 Å². The number of ether oxygens (including phenoxy) is 3. The summed E-state index contributed by atoms with van der Waals surface area (Å²) < 4.78 is 16.8. The topological polar surface area (TPSA) is 78.9 Å². The molecule has 1 unspecified atom stereocenters. The molecule has 0 saturated carbocycles. The molecular formula is C65H112O6. The minimum atomic E-state index is -0.780. The van der Waals surface area contributed by atoms with Crippen LogP contribution in [0.1, 0.15) is 290 Å². The van der Waals surface area contributed by atoms with Crippen molar-refractivity contribution >= 4 is 17.9 Å². The lowest BCUT2D eigenvalue weighted by atomic mass is 10.1. The van der Waals surface area contributed by atoms with Crippen LogP contribution in [0, 0.1) is 0 Å². The second-order valence-corrected chi connectivity index (χ2v) is 19.9. The average Bonchev–Trinajstić information content (AvgIpc) is 3.37. The van der Waals surface area contributed by atoms with Crippen LogP contribution in [0.15, 0.2) is 85.1 Å². The summed E-state index contributed by atoms with van der Waals surface area (Å²) in [6.07, 6.45) is 77.4. The molecule has 6 heteroatoms. The first-order valence-electron chi connectivity index (χ1n) is 30.1. The Morgan fingerprint density at radius 2 is 0.549 bits per heavy atom. The lowest BCUT2D eigenvalue weighted by Crippen LogP contribution is -2.30. The Bertz CT molecular complexity index is 1370. The number of allylic oxidation sites excluding steroid dienone is 14. The largest absolute Gasteiger partial charge is 0.462 e. The van der Waals surface area contributed by atoms with Crippen molar-refractivity contribution < 1.29 is 28.6 Å². The van der Waals surface area contributed by atoms with Crippen LogP contribution in [0.4, 0.5) is 0 Å².